The Labute approximate surface area is 174 Å². The minimum atomic E-state index is -1.10. The van der Waals surface area contributed by atoms with Crippen molar-refractivity contribution in [2.24, 2.45) is 5.92 Å². The average Bonchev–Trinajstić information content (AvgIpc) is 3.07. The van der Waals surface area contributed by atoms with Gasteiger partial charge in [0, 0.05) is 6.42 Å². The van der Waals surface area contributed by atoms with Gasteiger partial charge >= 0.3 is 12.1 Å². The Morgan fingerprint density at radius 1 is 1.17 bits per heavy atom. The van der Waals surface area contributed by atoms with E-state index in [1.54, 1.807) is 13.8 Å². The maximum Gasteiger partial charge on any atom is 0.409 e. The molecule has 1 aliphatic carbocycles. The van der Waals surface area contributed by atoms with Gasteiger partial charge in [0.15, 0.2) is 12.0 Å². The zero-order valence-corrected chi connectivity index (χ0v) is 17.0. The third-order valence-electron chi connectivity index (χ3n) is 5.52. The number of carbonyl (C=O) groups is 2. The summed E-state index contributed by atoms with van der Waals surface area (Å²) in [7, 11) is 0. The van der Waals surface area contributed by atoms with E-state index >= 15 is 0 Å². The first-order chi connectivity index (χ1) is 14.3. The summed E-state index contributed by atoms with van der Waals surface area (Å²) in [4.78, 5) is 23.7. The molecule has 2 aromatic carbocycles. The number of rotatable bonds is 5. The average molecular weight is 411 g/mol. The molecular formula is C23H25NO6. The summed E-state index contributed by atoms with van der Waals surface area (Å²) in [6.07, 6.45) is -0.277. The lowest BCUT2D eigenvalue weighted by Gasteiger charge is -2.39. The van der Waals surface area contributed by atoms with Crippen LogP contribution in [0.25, 0.3) is 11.1 Å². The van der Waals surface area contributed by atoms with Crippen LogP contribution >= 0.6 is 0 Å². The van der Waals surface area contributed by atoms with E-state index in [4.69, 9.17) is 14.2 Å². The lowest BCUT2D eigenvalue weighted by molar-refractivity contribution is -0.294. The number of benzene rings is 2. The fourth-order valence-corrected chi connectivity index (χ4v) is 4.00. The van der Waals surface area contributed by atoms with Crippen molar-refractivity contribution in [3.8, 4) is 11.1 Å². The van der Waals surface area contributed by atoms with E-state index in [9.17, 15) is 14.7 Å². The third kappa shape index (κ3) is 4.17. The topological polar surface area (TPSA) is 94.1 Å². The SMILES string of the molecule is CC1(C)OCC(C(=O)O)C(NC(=O)OCCc2cccc3c2Cc2ccccc2-3)O1. The number of hydrogen-bond acceptors (Lipinski definition) is 5. The van der Waals surface area contributed by atoms with E-state index in [2.05, 4.69) is 29.6 Å². The van der Waals surface area contributed by atoms with Crippen LogP contribution in [0.3, 0.4) is 0 Å². The fraction of sp³-hybridized carbons (Fsp3) is 0.391. The highest BCUT2D eigenvalue weighted by Gasteiger charge is 2.41. The Balaban J connectivity index is 1.35. The molecule has 2 atom stereocenters. The summed E-state index contributed by atoms with van der Waals surface area (Å²) in [5, 5.41) is 11.8. The Bertz CT molecular complexity index is 970. The van der Waals surface area contributed by atoms with Crippen LogP contribution in [0, 0.1) is 5.92 Å². The number of ether oxygens (including phenoxy) is 3. The van der Waals surface area contributed by atoms with Crippen LogP contribution in [-0.4, -0.2) is 42.4 Å². The number of amides is 1. The predicted molar refractivity (Wildman–Crippen MR) is 109 cm³/mol. The maximum atomic E-state index is 12.2. The largest absolute Gasteiger partial charge is 0.481 e. The Hall–Kier alpha value is -2.90. The van der Waals surface area contributed by atoms with E-state index in [0.29, 0.717) is 6.42 Å². The summed E-state index contributed by atoms with van der Waals surface area (Å²) in [5.41, 5.74) is 6.20. The number of fused-ring (bicyclic) bond motifs is 3. The maximum absolute atomic E-state index is 12.2. The molecule has 0 spiro atoms. The molecule has 1 fully saturated rings. The van der Waals surface area contributed by atoms with Crippen molar-refractivity contribution in [3.63, 3.8) is 0 Å². The summed E-state index contributed by atoms with van der Waals surface area (Å²) >= 11 is 0. The van der Waals surface area contributed by atoms with E-state index in [1.807, 2.05) is 18.2 Å². The molecule has 0 saturated carbocycles. The van der Waals surface area contributed by atoms with Gasteiger partial charge in [-0.2, -0.15) is 0 Å². The van der Waals surface area contributed by atoms with Gasteiger partial charge in [-0.05, 0) is 48.1 Å². The zero-order chi connectivity index (χ0) is 21.3. The molecule has 7 heteroatoms. The van der Waals surface area contributed by atoms with Crippen molar-refractivity contribution < 1.29 is 28.9 Å². The first-order valence-corrected chi connectivity index (χ1v) is 10.0. The minimum absolute atomic E-state index is 0.0516. The molecule has 2 N–H and O–H groups in total. The van der Waals surface area contributed by atoms with Crippen LogP contribution in [-0.2, 0) is 31.8 Å². The summed E-state index contributed by atoms with van der Waals surface area (Å²) in [6, 6.07) is 14.5. The van der Waals surface area contributed by atoms with Crippen LogP contribution in [0.2, 0.25) is 0 Å². The molecule has 30 heavy (non-hydrogen) atoms. The molecule has 2 aliphatic rings. The number of carboxylic acid groups (broad SMARTS) is 1. The van der Waals surface area contributed by atoms with Gasteiger partial charge in [0.1, 0.15) is 5.92 Å². The quantitative estimate of drug-likeness (QED) is 0.669. The van der Waals surface area contributed by atoms with Crippen LogP contribution in [0.1, 0.15) is 30.5 Å². The number of alkyl carbamates (subject to hydrolysis) is 1. The second kappa shape index (κ2) is 8.08. The number of aliphatic carboxylic acids is 1. The van der Waals surface area contributed by atoms with E-state index in [0.717, 1.165) is 12.0 Å². The van der Waals surface area contributed by atoms with Crippen molar-refractivity contribution in [2.45, 2.75) is 38.7 Å². The molecule has 1 saturated heterocycles. The molecule has 158 valence electrons. The van der Waals surface area contributed by atoms with Gasteiger partial charge in [-0.3, -0.25) is 10.1 Å². The van der Waals surface area contributed by atoms with Crippen LogP contribution in [0.15, 0.2) is 42.5 Å². The van der Waals surface area contributed by atoms with E-state index in [1.165, 1.54) is 22.3 Å². The third-order valence-corrected chi connectivity index (χ3v) is 5.52. The van der Waals surface area contributed by atoms with Crippen LogP contribution in [0.4, 0.5) is 4.79 Å². The molecule has 1 amide bonds. The van der Waals surface area contributed by atoms with Crippen LogP contribution < -0.4 is 5.32 Å². The van der Waals surface area contributed by atoms with Gasteiger partial charge in [0.2, 0.25) is 0 Å². The molecule has 1 aliphatic heterocycles. The number of carbonyl (C=O) groups excluding carboxylic acids is 1. The predicted octanol–water partition coefficient (Wildman–Crippen LogP) is 3.34. The Kier molecular flexibility index (Phi) is 5.49. The summed E-state index contributed by atoms with van der Waals surface area (Å²) in [6.45, 7) is 3.46. The molecule has 2 unspecified atom stereocenters. The first-order valence-electron chi connectivity index (χ1n) is 10.0. The Morgan fingerprint density at radius 3 is 2.73 bits per heavy atom. The number of carboxylic acids is 1. The van der Waals surface area contributed by atoms with Crippen molar-refractivity contribution in [1.29, 1.82) is 0 Å². The van der Waals surface area contributed by atoms with Crippen LogP contribution in [0.5, 0.6) is 0 Å². The zero-order valence-electron chi connectivity index (χ0n) is 17.0. The van der Waals surface area contributed by atoms with Gasteiger partial charge in [-0.1, -0.05) is 42.5 Å². The lowest BCUT2D eigenvalue weighted by Crippen LogP contribution is -2.55. The molecule has 4 rings (SSSR count). The van der Waals surface area contributed by atoms with E-state index in [-0.39, 0.29) is 13.2 Å². The molecule has 7 nitrogen and oxygen atoms in total. The smallest absolute Gasteiger partial charge is 0.409 e. The molecule has 0 aromatic heterocycles. The van der Waals surface area contributed by atoms with Gasteiger partial charge in [-0.25, -0.2) is 4.79 Å². The standard InChI is InChI=1S/C23H25NO6/c1-23(2)29-13-19(21(25)26)20(30-23)24-22(27)28-11-10-14-7-5-9-17-16-8-4-3-6-15(16)12-18(14)17/h3-9,19-20H,10-13H2,1-2H3,(H,24,27)(H,25,26). The van der Waals surface area contributed by atoms with Crippen molar-refractivity contribution in [1.82, 2.24) is 5.32 Å². The van der Waals surface area contributed by atoms with Crippen molar-refractivity contribution >= 4 is 12.1 Å². The normalized spacial score (nSPS) is 21.4. The highest BCUT2D eigenvalue weighted by Crippen LogP contribution is 2.38. The van der Waals surface area contributed by atoms with Gasteiger partial charge in [-0.15, -0.1) is 0 Å². The second-order valence-electron chi connectivity index (χ2n) is 8.00. The van der Waals surface area contributed by atoms with Gasteiger partial charge < -0.3 is 19.3 Å². The van der Waals surface area contributed by atoms with Gasteiger partial charge in [0.05, 0.1) is 13.2 Å². The summed E-state index contributed by atoms with van der Waals surface area (Å²) < 4.78 is 16.2. The second-order valence-corrected chi connectivity index (χ2v) is 8.00. The molecule has 2 aromatic rings. The first kappa shape index (κ1) is 20.4. The highest BCUT2D eigenvalue weighted by molar-refractivity contribution is 5.78. The number of nitrogens with one attached hydrogen (secondary N) is 1. The summed E-state index contributed by atoms with van der Waals surface area (Å²) in [5.74, 6) is -3.08. The molecular weight excluding hydrogens is 386 g/mol. The Morgan fingerprint density at radius 2 is 1.93 bits per heavy atom. The lowest BCUT2D eigenvalue weighted by atomic mass is 9.99. The van der Waals surface area contributed by atoms with Crippen molar-refractivity contribution in [2.75, 3.05) is 13.2 Å². The number of hydrogen-bond donors (Lipinski definition) is 2. The monoisotopic (exact) mass is 411 g/mol. The van der Waals surface area contributed by atoms with Crippen molar-refractivity contribution in [3.05, 3.63) is 59.2 Å². The molecule has 0 radical (unpaired) electrons. The highest BCUT2D eigenvalue weighted by atomic mass is 16.7. The molecule has 0 bridgehead atoms. The van der Waals surface area contributed by atoms with Gasteiger partial charge in [0.25, 0.3) is 0 Å². The fourth-order valence-electron chi connectivity index (χ4n) is 4.00. The van der Waals surface area contributed by atoms with E-state index < -0.39 is 30.0 Å². The molecule has 1 heterocycles. The minimum Gasteiger partial charge on any atom is -0.481 e.